The van der Waals surface area contributed by atoms with Crippen molar-refractivity contribution in [1.29, 1.82) is 0 Å². The molecule has 1 heterocycles. The number of nitrogen functional groups attached to an aromatic ring is 1. The highest BCUT2D eigenvalue weighted by atomic mass is 32.1. The molecular formula is C24H25F2N5O3S. The molecule has 0 spiro atoms. The van der Waals surface area contributed by atoms with Gasteiger partial charge in [-0.25, -0.2) is 8.78 Å². The number of rotatable bonds is 7. The predicted octanol–water partition coefficient (Wildman–Crippen LogP) is 3.40. The lowest BCUT2D eigenvalue weighted by Crippen LogP contribution is -2.49. The highest BCUT2D eigenvalue weighted by Gasteiger charge is 2.36. The molecule has 0 saturated carbocycles. The number of aromatic nitrogens is 1. The third kappa shape index (κ3) is 6.18. The summed E-state index contributed by atoms with van der Waals surface area (Å²) in [6.45, 7) is 5.21. The summed E-state index contributed by atoms with van der Waals surface area (Å²) in [5.74, 6) is -3.11. The number of amides is 3. The fourth-order valence-electron chi connectivity index (χ4n) is 3.38. The maximum absolute atomic E-state index is 13.8. The summed E-state index contributed by atoms with van der Waals surface area (Å²) in [7, 11) is 0. The standard InChI is InChI=1S/C24H25F2N5O3S/c1-24(2,3)29-22(33)19(14-6-10-16(26)11-7-14)31(12-13-4-8-15(25)9-5-13)23(34)20-17(27)18(21(28)32)30-35-20/h4-11,19H,12,27H2,1-3H3,(H2,28,32)(H,29,33)/t19-/m1/s1. The van der Waals surface area contributed by atoms with Gasteiger partial charge in [0, 0.05) is 12.1 Å². The molecule has 35 heavy (non-hydrogen) atoms. The fourth-order valence-corrected chi connectivity index (χ4v) is 4.14. The van der Waals surface area contributed by atoms with Gasteiger partial charge in [0.25, 0.3) is 11.8 Å². The zero-order valence-electron chi connectivity index (χ0n) is 19.3. The van der Waals surface area contributed by atoms with Gasteiger partial charge in [-0.3, -0.25) is 14.4 Å². The van der Waals surface area contributed by atoms with Gasteiger partial charge in [0.2, 0.25) is 5.91 Å². The van der Waals surface area contributed by atoms with E-state index in [0.29, 0.717) is 22.7 Å². The van der Waals surface area contributed by atoms with Crippen molar-refractivity contribution in [1.82, 2.24) is 14.6 Å². The summed E-state index contributed by atoms with van der Waals surface area (Å²) in [6, 6.07) is 9.35. The summed E-state index contributed by atoms with van der Waals surface area (Å²) >= 11 is 0.675. The highest BCUT2D eigenvalue weighted by Crippen LogP contribution is 2.31. The number of halogens is 2. The van der Waals surface area contributed by atoms with E-state index in [1.54, 1.807) is 20.8 Å². The minimum atomic E-state index is -1.22. The van der Waals surface area contributed by atoms with Crippen molar-refractivity contribution in [3.05, 3.63) is 81.9 Å². The average Bonchev–Trinajstić information content (AvgIpc) is 3.16. The number of primary amides is 1. The van der Waals surface area contributed by atoms with Crippen LogP contribution in [0.4, 0.5) is 14.5 Å². The number of hydrogen-bond donors (Lipinski definition) is 3. The first-order valence-corrected chi connectivity index (χ1v) is 11.3. The molecule has 0 aliphatic carbocycles. The summed E-state index contributed by atoms with van der Waals surface area (Å²) < 4.78 is 31.1. The normalized spacial score (nSPS) is 12.1. The monoisotopic (exact) mass is 501 g/mol. The van der Waals surface area contributed by atoms with Crippen LogP contribution in [-0.4, -0.2) is 32.5 Å². The molecule has 0 radical (unpaired) electrons. The Balaban J connectivity index is 2.15. The van der Waals surface area contributed by atoms with E-state index in [4.69, 9.17) is 11.5 Å². The summed E-state index contributed by atoms with van der Waals surface area (Å²) in [4.78, 5) is 40.0. The fraction of sp³-hybridized carbons (Fsp3) is 0.250. The number of benzene rings is 2. The summed E-state index contributed by atoms with van der Waals surface area (Å²) in [6.07, 6.45) is 0. The number of nitrogens with zero attached hydrogens (tertiary/aromatic N) is 2. The molecule has 0 fully saturated rings. The van der Waals surface area contributed by atoms with E-state index in [-0.39, 0.29) is 22.8 Å². The molecule has 0 bridgehead atoms. The van der Waals surface area contributed by atoms with Crippen LogP contribution in [0.15, 0.2) is 48.5 Å². The van der Waals surface area contributed by atoms with Crippen molar-refractivity contribution in [2.75, 3.05) is 5.73 Å². The third-order valence-electron chi connectivity index (χ3n) is 4.93. The molecule has 3 rings (SSSR count). The van der Waals surface area contributed by atoms with Crippen molar-refractivity contribution in [3.8, 4) is 0 Å². The van der Waals surface area contributed by atoms with Crippen LogP contribution < -0.4 is 16.8 Å². The largest absolute Gasteiger partial charge is 0.395 e. The molecule has 0 unspecified atom stereocenters. The van der Waals surface area contributed by atoms with Crippen LogP contribution in [0.2, 0.25) is 0 Å². The molecule has 5 N–H and O–H groups in total. The van der Waals surface area contributed by atoms with Crippen molar-refractivity contribution in [3.63, 3.8) is 0 Å². The Morgan fingerprint density at radius 2 is 1.57 bits per heavy atom. The number of hydrogen-bond acceptors (Lipinski definition) is 6. The second-order valence-corrected chi connectivity index (χ2v) is 9.66. The molecule has 2 aromatic carbocycles. The van der Waals surface area contributed by atoms with E-state index in [9.17, 15) is 23.2 Å². The Morgan fingerprint density at radius 3 is 2.06 bits per heavy atom. The minimum absolute atomic E-state index is 0.0865. The van der Waals surface area contributed by atoms with Crippen molar-refractivity contribution < 1.29 is 23.2 Å². The Morgan fingerprint density at radius 1 is 1.03 bits per heavy atom. The molecule has 184 valence electrons. The van der Waals surface area contributed by atoms with Gasteiger partial charge in [0.05, 0.1) is 5.69 Å². The van der Waals surface area contributed by atoms with Gasteiger partial charge in [-0.1, -0.05) is 24.3 Å². The maximum Gasteiger partial charge on any atom is 0.270 e. The molecule has 1 aromatic heterocycles. The van der Waals surface area contributed by atoms with Crippen LogP contribution in [0.25, 0.3) is 0 Å². The zero-order valence-corrected chi connectivity index (χ0v) is 20.2. The molecule has 0 saturated heterocycles. The quantitative estimate of drug-likeness (QED) is 0.457. The SMILES string of the molecule is CC(C)(C)NC(=O)[C@@H](c1ccc(F)cc1)N(Cc1ccc(F)cc1)C(=O)c1snc(C(N)=O)c1N. The van der Waals surface area contributed by atoms with E-state index in [1.807, 2.05) is 0 Å². The topological polar surface area (TPSA) is 131 Å². The van der Waals surface area contributed by atoms with Crippen molar-refractivity contribution in [2.24, 2.45) is 5.73 Å². The Labute approximate surface area is 205 Å². The Bertz CT molecular complexity index is 1240. The van der Waals surface area contributed by atoms with Crippen LogP contribution in [0, 0.1) is 11.6 Å². The lowest BCUT2D eigenvalue weighted by molar-refractivity contribution is -0.127. The molecule has 8 nitrogen and oxygen atoms in total. The van der Waals surface area contributed by atoms with Crippen LogP contribution in [-0.2, 0) is 11.3 Å². The van der Waals surface area contributed by atoms with E-state index in [0.717, 1.165) is 0 Å². The van der Waals surface area contributed by atoms with Crippen molar-refractivity contribution in [2.45, 2.75) is 38.9 Å². The number of nitrogens with one attached hydrogen (secondary N) is 1. The predicted molar refractivity (Wildman–Crippen MR) is 128 cm³/mol. The van der Waals surface area contributed by atoms with Crippen molar-refractivity contribution >= 4 is 34.9 Å². The third-order valence-corrected chi connectivity index (χ3v) is 5.78. The first-order chi connectivity index (χ1) is 16.4. The molecule has 1 atom stereocenters. The van der Waals surface area contributed by atoms with Crippen LogP contribution in [0.1, 0.15) is 58.1 Å². The Kier molecular flexibility index (Phi) is 7.49. The summed E-state index contributed by atoms with van der Waals surface area (Å²) in [5.41, 5.74) is 11.0. The lowest BCUT2D eigenvalue weighted by atomic mass is 10.0. The van der Waals surface area contributed by atoms with E-state index >= 15 is 0 Å². The number of carbonyl (C=O) groups is 3. The van der Waals surface area contributed by atoms with Crippen LogP contribution >= 0.6 is 11.5 Å². The van der Waals surface area contributed by atoms with Gasteiger partial charge in [-0.15, -0.1) is 0 Å². The second kappa shape index (κ2) is 10.2. The maximum atomic E-state index is 13.8. The van der Waals surface area contributed by atoms with Gasteiger partial charge in [-0.05, 0) is 67.7 Å². The van der Waals surface area contributed by atoms with E-state index < -0.39 is 40.9 Å². The van der Waals surface area contributed by atoms with Gasteiger partial charge in [0.1, 0.15) is 22.6 Å². The molecule has 0 aliphatic heterocycles. The van der Waals surface area contributed by atoms with E-state index in [2.05, 4.69) is 9.69 Å². The first-order valence-electron chi connectivity index (χ1n) is 10.5. The zero-order chi connectivity index (χ0) is 25.9. The first kappa shape index (κ1) is 25.8. The average molecular weight is 502 g/mol. The van der Waals surface area contributed by atoms with Gasteiger partial charge in [-0.2, -0.15) is 4.37 Å². The highest BCUT2D eigenvalue weighted by molar-refractivity contribution is 7.09. The minimum Gasteiger partial charge on any atom is -0.395 e. The number of carbonyl (C=O) groups excluding carboxylic acids is 3. The van der Waals surface area contributed by atoms with Gasteiger partial charge >= 0.3 is 0 Å². The van der Waals surface area contributed by atoms with E-state index in [1.165, 1.54) is 53.4 Å². The summed E-state index contributed by atoms with van der Waals surface area (Å²) in [5, 5.41) is 2.85. The molecular weight excluding hydrogens is 476 g/mol. The molecule has 3 amide bonds. The van der Waals surface area contributed by atoms with Gasteiger partial charge in [0.15, 0.2) is 5.69 Å². The molecule has 11 heteroatoms. The smallest absolute Gasteiger partial charge is 0.270 e. The van der Waals surface area contributed by atoms with Crippen LogP contribution in [0.3, 0.4) is 0 Å². The lowest BCUT2D eigenvalue weighted by Gasteiger charge is -2.33. The second-order valence-electron chi connectivity index (χ2n) is 8.89. The van der Waals surface area contributed by atoms with Gasteiger partial charge < -0.3 is 21.7 Å². The molecule has 3 aromatic rings. The molecule has 0 aliphatic rings. The Hall–Kier alpha value is -3.86. The van der Waals surface area contributed by atoms with Crippen LogP contribution in [0.5, 0.6) is 0 Å². The number of anilines is 1. The number of nitrogens with two attached hydrogens (primary N) is 2.